The molecule has 2 aliphatic heterocycles. The fourth-order valence-electron chi connectivity index (χ4n) is 2.84. The van der Waals surface area contributed by atoms with E-state index in [0.29, 0.717) is 11.5 Å². The number of carbonyl (C=O) groups is 1. The summed E-state index contributed by atoms with van der Waals surface area (Å²) in [5, 5.41) is 9.33. The zero-order valence-corrected chi connectivity index (χ0v) is 13.8. The van der Waals surface area contributed by atoms with Gasteiger partial charge >= 0.3 is 13.1 Å². The van der Waals surface area contributed by atoms with Crippen molar-refractivity contribution in [1.82, 2.24) is 0 Å². The smallest absolute Gasteiger partial charge is 0.466 e. The van der Waals surface area contributed by atoms with Crippen molar-refractivity contribution < 1.29 is 28.7 Å². The van der Waals surface area contributed by atoms with E-state index in [1.54, 1.807) is 6.07 Å². The molecule has 1 N–H and O–H groups in total. The Bertz CT molecular complexity index is 611. The van der Waals surface area contributed by atoms with Crippen molar-refractivity contribution in [2.45, 2.75) is 51.1 Å². The SMILES string of the molecule is CC1(C)OB(C(CC(=O)O)c2cccc3c2OCO3)OC1(C)C. The molecule has 2 aliphatic rings. The van der Waals surface area contributed by atoms with Gasteiger partial charge in [-0.3, -0.25) is 4.79 Å². The summed E-state index contributed by atoms with van der Waals surface area (Å²) in [5.41, 5.74) is -0.311. The molecule has 3 rings (SSSR count). The second kappa shape index (κ2) is 5.42. The van der Waals surface area contributed by atoms with Crippen LogP contribution in [-0.2, 0) is 14.1 Å². The standard InChI is InChI=1S/C16H21BO6/c1-15(2)16(3,4)23-17(22-15)11(8-13(18)19)10-6-5-7-12-14(10)21-9-20-12/h5-7,11H,8-9H2,1-4H3,(H,18,19). The minimum absolute atomic E-state index is 0.114. The topological polar surface area (TPSA) is 74.2 Å². The first-order valence-corrected chi connectivity index (χ1v) is 7.67. The summed E-state index contributed by atoms with van der Waals surface area (Å²) in [7, 11) is -0.660. The van der Waals surface area contributed by atoms with Crippen molar-refractivity contribution in [3.05, 3.63) is 23.8 Å². The van der Waals surface area contributed by atoms with Crippen molar-refractivity contribution in [3.63, 3.8) is 0 Å². The van der Waals surface area contributed by atoms with E-state index >= 15 is 0 Å². The molecule has 0 amide bonds. The summed E-state index contributed by atoms with van der Waals surface area (Å²) in [6.45, 7) is 7.91. The molecule has 0 radical (unpaired) electrons. The third-order valence-corrected chi connectivity index (χ3v) is 4.82. The molecule has 1 unspecified atom stereocenters. The quantitative estimate of drug-likeness (QED) is 0.860. The van der Waals surface area contributed by atoms with Crippen LogP contribution >= 0.6 is 0 Å². The van der Waals surface area contributed by atoms with Crippen LogP contribution < -0.4 is 9.47 Å². The minimum atomic E-state index is -0.916. The van der Waals surface area contributed by atoms with Gasteiger partial charge in [-0.15, -0.1) is 0 Å². The molecule has 0 spiro atoms. The molecule has 0 aromatic heterocycles. The Morgan fingerprint density at radius 3 is 2.48 bits per heavy atom. The molecule has 124 valence electrons. The highest BCUT2D eigenvalue weighted by Gasteiger charge is 2.54. The van der Waals surface area contributed by atoms with Gasteiger partial charge in [0, 0.05) is 5.82 Å². The maximum absolute atomic E-state index is 11.4. The molecule has 0 bridgehead atoms. The van der Waals surface area contributed by atoms with Crippen LogP contribution in [-0.4, -0.2) is 36.2 Å². The minimum Gasteiger partial charge on any atom is -0.481 e. The lowest BCUT2D eigenvalue weighted by atomic mass is 9.66. The van der Waals surface area contributed by atoms with Gasteiger partial charge in [-0.2, -0.15) is 0 Å². The van der Waals surface area contributed by atoms with Gasteiger partial charge in [0.05, 0.1) is 17.6 Å². The normalized spacial score (nSPS) is 22.2. The number of carboxylic acids is 1. The Labute approximate surface area is 135 Å². The number of hydrogen-bond acceptors (Lipinski definition) is 5. The van der Waals surface area contributed by atoms with Crippen LogP contribution in [0.2, 0.25) is 0 Å². The van der Waals surface area contributed by atoms with E-state index in [1.165, 1.54) is 0 Å². The van der Waals surface area contributed by atoms with E-state index in [4.69, 9.17) is 18.8 Å². The molecule has 1 fully saturated rings. The third kappa shape index (κ3) is 2.79. The van der Waals surface area contributed by atoms with E-state index in [2.05, 4.69) is 0 Å². The first kappa shape index (κ1) is 16.1. The van der Waals surface area contributed by atoms with E-state index in [-0.39, 0.29) is 13.2 Å². The predicted octanol–water partition coefficient (Wildman–Crippen LogP) is 2.61. The number of carboxylic acid groups (broad SMARTS) is 1. The molecular formula is C16H21BO6. The van der Waals surface area contributed by atoms with Gasteiger partial charge in [0.15, 0.2) is 11.5 Å². The number of hydrogen-bond donors (Lipinski definition) is 1. The zero-order valence-electron chi connectivity index (χ0n) is 13.8. The molecule has 1 aromatic rings. The number of ether oxygens (including phenoxy) is 2. The van der Waals surface area contributed by atoms with Gasteiger partial charge in [-0.05, 0) is 39.3 Å². The molecule has 0 aliphatic carbocycles. The average molecular weight is 320 g/mol. The molecule has 1 aromatic carbocycles. The molecule has 2 heterocycles. The Hall–Kier alpha value is -1.73. The maximum Gasteiger partial charge on any atom is 0.466 e. The summed E-state index contributed by atoms with van der Waals surface area (Å²) in [6, 6.07) is 5.46. The van der Waals surface area contributed by atoms with E-state index in [1.807, 2.05) is 39.8 Å². The highest BCUT2D eigenvalue weighted by molar-refractivity contribution is 6.48. The van der Waals surface area contributed by atoms with Crippen molar-refractivity contribution >= 4 is 13.1 Å². The Kier molecular flexibility index (Phi) is 3.81. The highest BCUT2D eigenvalue weighted by atomic mass is 16.7. The second-order valence-corrected chi connectivity index (χ2v) is 6.91. The maximum atomic E-state index is 11.4. The van der Waals surface area contributed by atoms with E-state index < -0.39 is 30.1 Å². The third-order valence-electron chi connectivity index (χ3n) is 4.82. The van der Waals surface area contributed by atoms with Gasteiger partial charge in [-0.1, -0.05) is 12.1 Å². The summed E-state index contributed by atoms with van der Waals surface area (Å²) >= 11 is 0. The lowest BCUT2D eigenvalue weighted by Gasteiger charge is -2.32. The Morgan fingerprint density at radius 2 is 1.87 bits per heavy atom. The lowest BCUT2D eigenvalue weighted by Crippen LogP contribution is -2.41. The van der Waals surface area contributed by atoms with Crippen molar-refractivity contribution in [3.8, 4) is 11.5 Å². The summed E-state index contributed by atoms with van der Waals surface area (Å²) in [4.78, 5) is 11.4. The van der Waals surface area contributed by atoms with E-state index in [0.717, 1.165) is 5.56 Å². The number of para-hydroxylation sites is 1. The van der Waals surface area contributed by atoms with Gasteiger partial charge in [0.2, 0.25) is 6.79 Å². The molecule has 0 saturated carbocycles. The van der Waals surface area contributed by atoms with Crippen molar-refractivity contribution in [2.24, 2.45) is 0 Å². The number of rotatable bonds is 4. The first-order valence-electron chi connectivity index (χ1n) is 7.67. The molecule has 6 nitrogen and oxygen atoms in total. The predicted molar refractivity (Wildman–Crippen MR) is 83.6 cm³/mol. The van der Waals surface area contributed by atoms with Crippen LogP contribution in [0.25, 0.3) is 0 Å². The fourth-order valence-corrected chi connectivity index (χ4v) is 2.84. The zero-order chi connectivity index (χ0) is 16.8. The second-order valence-electron chi connectivity index (χ2n) is 6.91. The average Bonchev–Trinajstić information content (AvgIpc) is 2.98. The Morgan fingerprint density at radius 1 is 1.22 bits per heavy atom. The van der Waals surface area contributed by atoms with Gasteiger partial charge < -0.3 is 23.9 Å². The Balaban J connectivity index is 1.97. The van der Waals surface area contributed by atoms with Crippen LogP contribution in [0, 0.1) is 0 Å². The van der Waals surface area contributed by atoms with E-state index in [9.17, 15) is 9.90 Å². The monoisotopic (exact) mass is 320 g/mol. The first-order chi connectivity index (χ1) is 10.7. The van der Waals surface area contributed by atoms with Crippen molar-refractivity contribution in [2.75, 3.05) is 6.79 Å². The largest absolute Gasteiger partial charge is 0.481 e. The highest BCUT2D eigenvalue weighted by Crippen LogP contribution is 2.46. The molecule has 23 heavy (non-hydrogen) atoms. The van der Waals surface area contributed by atoms with Crippen LogP contribution in [0.4, 0.5) is 0 Å². The molecule has 1 atom stereocenters. The van der Waals surface area contributed by atoms with Crippen LogP contribution in [0.5, 0.6) is 11.5 Å². The molecule has 7 heteroatoms. The summed E-state index contributed by atoms with van der Waals surface area (Å²) < 4.78 is 23.0. The van der Waals surface area contributed by atoms with Gasteiger partial charge in [0.25, 0.3) is 0 Å². The number of fused-ring (bicyclic) bond motifs is 1. The number of benzene rings is 1. The molecular weight excluding hydrogens is 299 g/mol. The van der Waals surface area contributed by atoms with Crippen LogP contribution in [0.1, 0.15) is 45.5 Å². The number of aliphatic carboxylic acids is 1. The summed E-state index contributed by atoms with van der Waals surface area (Å²) in [6.07, 6.45) is -0.114. The van der Waals surface area contributed by atoms with Crippen LogP contribution in [0.3, 0.4) is 0 Å². The fraction of sp³-hybridized carbons (Fsp3) is 0.562. The summed E-state index contributed by atoms with van der Waals surface area (Å²) in [5.74, 6) is -0.200. The van der Waals surface area contributed by atoms with Gasteiger partial charge in [0.1, 0.15) is 0 Å². The lowest BCUT2D eigenvalue weighted by molar-refractivity contribution is -0.137. The van der Waals surface area contributed by atoms with Gasteiger partial charge in [-0.25, -0.2) is 0 Å². The molecule has 1 saturated heterocycles. The van der Waals surface area contributed by atoms with Crippen LogP contribution in [0.15, 0.2) is 18.2 Å². The van der Waals surface area contributed by atoms with Crippen molar-refractivity contribution in [1.29, 1.82) is 0 Å².